The smallest absolute Gasteiger partial charge is 0.433 e. The third-order valence-electron chi connectivity index (χ3n) is 6.67. The van der Waals surface area contributed by atoms with Gasteiger partial charge >= 0.3 is 6.18 Å². The van der Waals surface area contributed by atoms with E-state index >= 15 is 0 Å². The molecule has 1 aliphatic heterocycles. The van der Waals surface area contributed by atoms with Crippen molar-refractivity contribution in [2.45, 2.75) is 46.0 Å². The molecule has 4 aromatic rings. The Kier molecular flexibility index (Phi) is 8.09. The molecule has 216 valence electrons. The number of nitrogens with zero attached hydrogens (tertiary/aromatic N) is 6. The molecule has 9 nitrogen and oxygen atoms in total. The summed E-state index contributed by atoms with van der Waals surface area (Å²) < 4.78 is 48.1. The van der Waals surface area contributed by atoms with Crippen LogP contribution in [0.1, 0.15) is 39.3 Å². The lowest BCUT2D eigenvalue weighted by Crippen LogP contribution is -2.44. The number of halogens is 3. The Hall–Kier alpha value is -3.84. The van der Waals surface area contributed by atoms with Crippen LogP contribution < -0.4 is 15.0 Å². The van der Waals surface area contributed by atoms with E-state index in [1.54, 1.807) is 25.2 Å². The second-order valence-corrected chi connectivity index (χ2v) is 11.4. The van der Waals surface area contributed by atoms with Crippen molar-refractivity contribution in [3.05, 3.63) is 48.4 Å². The van der Waals surface area contributed by atoms with Crippen molar-refractivity contribution in [1.29, 1.82) is 0 Å². The Morgan fingerprint density at radius 1 is 1.22 bits per heavy atom. The average Bonchev–Trinajstić information content (AvgIpc) is 3.54. The standard InChI is InChI=1S/C28H30F3N7O2S/c1-16(2)14-38-12-6-9-24(38)37(4)26-18(10-11-22(35-26)28(29,30)31)19-13-23(33-15-32-19)40-20-7-5-8-21-25(20)36-27(41-21)34-17(3)39/h5,7-8,10-11,13,15-16,24H,6,9,12,14H2,1-4H3,(H,34,36,39)/t24-/m0/s1. The summed E-state index contributed by atoms with van der Waals surface area (Å²) in [7, 11) is 1.78. The molecule has 0 unspecified atom stereocenters. The van der Waals surface area contributed by atoms with Gasteiger partial charge in [-0.3, -0.25) is 9.69 Å². The molecule has 0 bridgehead atoms. The first-order chi connectivity index (χ1) is 19.5. The van der Waals surface area contributed by atoms with Gasteiger partial charge < -0.3 is 15.0 Å². The molecule has 3 aromatic heterocycles. The van der Waals surface area contributed by atoms with Gasteiger partial charge in [0, 0.05) is 38.7 Å². The number of rotatable bonds is 8. The van der Waals surface area contributed by atoms with Gasteiger partial charge in [0.25, 0.3) is 0 Å². The van der Waals surface area contributed by atoms with Crippen molar-refractivity contribution < 1.29 is 22.7 Å². The first-order valence-electron chi connectivity index (χ1n) is 13.2. The second-order valence-electron chi connectivity index (χ2n) is 10.3. The van der Waals surface area contributed by atoms with E-state index in [0.29, 0.717) is 33.6 Å². The van der Waals surface area contributed by atoms with Gasteiger partial charge in [0.05, 0.1) is 16.6 Å². The first-order valence-corrected chi connectivity index (χ1v) is 14.0. The lowest BCUT2D eigenvalue weighted by molar-refractivity contribution is -0.141. The summed E-state index contributed by atoms with van der Waals surface area (Å²) in [6, 6.07) is 9.32. The van der Waals surface area contributed by atoms with Crippen molar-refractivity contribution in [1.82, 2.24) is 24.8 Å². The van der Waals surface area contributed by atoms with Gasteiger partial charge in [-0.2, -0.15) is 13.2 Å². The molecule has 0 radical (unpaired) electrons. The van der Waals surface area contributed by atoms with E-state index in [0.717, 1.165) is 36.7 Å². The van der Waals surface area contributed by atoms with Gasteiger partial charge in [0.1, 0.15) is 23.4 Å². The average molecular weight is 586 g/mol. The number of pyridine rings is 1. The number of amides is 1. The Bertz CT molecular complexity index is 1560. The van der Waals surface area contributed by atoms with E-state index in [9.17, 15) is 18.0 Å². The molecule has 1 amide bonds. The lowest BCUT2D eigenvalue weighted by atomic mass is 10.1. The summed E-state index contributed by atoms with van der Waals surface area (Å²) in [6.45, 7) is 7.36. The number of anilines is 2. The highest BCUT2D eigenvalue weighted by atomic mass is 32.1. The number of para-hydroxylation sites is 1. The third-order valence-corrected chi connectivity index (χ3v) is 7.61. The third kappa shape index (κ3) is 6.41. The summed E-state index contributed by atoms with van der Waals surface area (Å²) in [4.78, 5) is 32.7. The van der Waals surface area contributed by atoms with Crippen LogP contribution in [0.2, 0.25) is 0 Å². The number of aromatic nitrogens is 4. The summed E-state index contributed by atoms with van der Waals surface area (Å²) in [6.07, 6.45) is -1.62. The van der Waals surface area contributed by atoms with E-state index in [4.69, 9.17) is 4.74 Å². The molecule has 0 aliphatic carbocycles. The second kappa shape index (κ2) is 11.6. The topological polar surface area (TPSA) is 96.4 Å². The van der Waals surface area contributed by atoms with Crippen LogP contribution in [0.25, 0.3) is 21.5 Å². The summed E-state index contributed by atoms with van der Waals surface area (Å²) >= 11 is 1.31. The molecule has 4 heterocycles. The van der Waals surface area contributed by atoms with Gasteiger partial charge in [-0.15, -0.1) is 0 Å². The number of benzene rings is 1. The SMILES string of the molecule is CC(=O)Nc1nc2c(Oc3cc(-c4ccc(C(F)(F)F)nc4N(C)[C@@H]4CCCN4CC(C)C)ncn3)cccc2s1. The van der Waals surface area contributed by atoms with E-state index < -0.39 is 11.9 Å². The highest BCUT2D eigenvalue weighted by molar-refractivity contribution is 7.22. The van der Waals surface area contributed by atoms with Crippen LogP contribution in [0, 0.1) is 5.92 Å². The van der Waals surface area contributed by atoms with Crippen molar-refractivity contribution in [2.24, 2.45) is 5.92 Å². The highest BCUT2D eigenvalue weighted by Crippen LogP contribution is 2.38. The zero-order chi connectivity index (χ0) is 29.3. The molecule has 1 saturated heterocycles. The van der Waals surface area contributed by atoms with Crippen molar-refractivity contribution in [3.63, 3.8) is 0 Å². The quantitative estimate of drug-likeness (QED) is 0.253. The number of fused-ring (bicyclic) bond motifs is 1. The largest absolute Gasteiger partial charge is 0.437 e. The van der Waals surface area contributed by atoms with Gasteiger partial charge in [-0.1, -0.05) is 31.3 Å². The number of thiazole rings is 1. The van der Waals surface area contributed by atoms with Crippen molar-refractivity contribution >= 4 is 38.4 Å². The van der Waals surface area contributed by atoms with Crippen molar-refractivity contribution in [3.8, 4) is 22.9 Å². The van der Waals surface area contributed by atoms with Crippen LogP contribution in [0.4, 0.5) is 24.1 Å². The minimum atomic E-state index is -4.59. The fourth-order valence-corrected chi connectivity index (χ4v) is 5.94. The van der Waals surface area contributed by atoms with E-state index in [2.05, 4.69) is 44.0 Å². The van der Waals surface area contributed by atoms with Gasteiger partial charge in [0.2, 0.25) is 11.8 Å². The molecule has 0 saturated carbocycles. The number of hydrogen-bond donors (Lipinski definition) is 1. The van der Waals surface area contributed by atoms with Crippen molar-refractivity contribution in [2.75, 3.05) is 30.4 Å². The van der Waals surface area contributed by atoms with E-state index in [1.807, 2.05) is 11.0 Å². The minimum Gasteiger partial charge on any atom is -0.437 e. The zero-order valence-electron chi connectivity index (χ0n) is 23.1. The molecule has 13 heteroatoms. The molecule has 41 heavy (non-hydrogen) atoms. The number of likely N-dealkylation sites (tertiary alicyclic amines) is 1. The zero-order valence-corrected chi connectivity index (χ0v) is 23.9. The summed E-state index contributed by atoms with van der Waals surface area (Å²) in [5.74, 6) is 0.969. The molecule has 1 aromatic carbocycles. The number of carbonyl (C=O) groups excluding carboxylic acids is 1. The summed E-state index contributed by atoms with van der Waals surface area (Å²) in [5, 5.41) is 3.12. The van der Waals surface area contributed by atoms with Crippen LogP contribution in [0.15, 0.2) is 42.7 Å². The number of carbonyl (C=O) groups is 1. The van der Waals surface area contributed by atoms with Crippen LogP contribution in [-0.4, -0.2) is 57.0 Å². The van der Waals surface area contributed by atoms with Crippen LogP contribution >= 0.6 is 11.3 Å². The van der Waals surface area contributed by atoms with E-state index in [1.165, 1.54) is 30.7 Å². The Labute approximate surface area is 239 Å². The fraction of sp³-hybridized carbons (Fsp3) is 0.393. The van der Waals surface area contributed by atoms with Gasteiger partial charge in [-0.05, 0) is 43.0 Å². The number of ether oxygens (including phenoxy) is 1. The Morgan fingerprint density at radius 2 is 2.02 bits per heavy atom. The fourth-order valence-electron chi connectivity index (χ4n) is 5.01. The maximum Gasteiger partial charge on any atom is 0.433 e. The molecule has 0 spiro atoms. The molecule has 1 atom stereocenters. The molecule has 1 fully saturated rings. The van der Waals surface area contributed by atoms with Gasteiger partial charge in [-0.25, -0.2) is 19.9 Å². The van der Waals surface area contributed by atoms with Crippen LogP contribution in [0.5, 0.6) is 11.6 Å². The predicted molar refractivity (Wildman–Crippen MR) is 152 cm³/mol. The first kappa shape index (κ1) is 28.7. The molecular weight excluding hydrogens is 555 g/mol. The lowest BCUT2D eigenvalue weighted by Gasteiger charge is -2.35. The number of alkyl halides is 3. The van der Waals surface area contributed by atoms with E-state index in [-0.39, 0.29) is 23.8 Å². The minimum absolute atomic E-state index is 0.0928. The molecule has 1 aliphatic rings. The maximum atomic E-state index is 13.7. The molecule has 1 N–H and O–H groups in total. The normalized spacial score (nSPS) is 16.0. The monoisotopic (exact) mass is 585 g/mol. The van der Waals surface area contributed by atoms with Gasteiger partial charge in [0.15, 0.2) is 10.9 Å². The number of hydrogen-bond acceptors (Lipinski definition) is 9. The Morgan fingerprint density at radius 3 is 2.76 bits per heavy atom. The van der Waals surface area contributed by atoms with Crippen LogP contribution in [0.3, 0.4) is 0 Å². The summed E-state index contributed by atoms with van der Waals surface area (Å²) in [5.41, 5.74) is 0.386. The Balaban J connectivity index is 1.51. The predicted octanol–water partition coefficient (Wildman–Crippen LogP) is 6.43. The number of nitrogens with one attached hydrogen (secondary N) is 1. The maximum absolute atomic E-state index is 13.7. The van der Waals surface area contributed by atoms with Crippen LogP contribution in [-0.2, 0) is 11.0 Å². The molecular formula is C28H30F3N7O2S. The molecule has 5 rings (SSSR count). The highest BCUT2D eigenvalue weighted by Gasteiger charge is 2.36.